The number of fused-ring (bicyclic) bond motifs is 8. The first-order valence-electron chi connectivity index (χ1n) is 10.4. The molecule has 0 aliphatic carbocycles. The summed E-state index contributed by atoms with van der Waals surface area (Å²) < 4.78 is 3.83. The predicted molar refractivity (Wildman–Crippen MR) is 126 cm³/mol. The van der Waals surface area contributed by atoms with Crippen molar-refractivity contribution in [1.82, 2.24) is 18.8 Å². The molecule has 0 amide bonds. The monoisotopic (exact) mass is 412 g/mol. The fourth-order valence-electron chi connectivity index (χ4n) is 5.30. The first kappa shape index (κ1) is 16.2. The van der Waals surface area contributed by atoms with Crippen molar-refractivity contribution in [1.29, 1.82) is 0 Å². The Labute approximate surface area is 178 Å². The second-order valence-corrected chi connectivity index (χ2v) is 8.19. The lowest BCUT2D eigenvalue weighted by Gasteiger charge is -2.13. The molecular formula is C26H12N4O2. The standard InChI is InChI=1S/C26H12N4O2/c31-23-13-10-12-20-22-14(24(32)26-28-16-6-2-4-8-18(16)30(20)26)9-11-19(21(13)22)29-17-7-3-1-5-15(17)27-25(23)29/h1-12H. The van der Waals surface area contributed by atoms with Crippen LogP contribution in [0, 0.1) is 0 Å². The lowest BCUT2D eigenvalue weighted by molar-refractivity contribution is 1.27. The average Bonchev–Trinajstić information content (AvgIpc) is 3.41. The highest BCUT2D eigenvalue weighted by atomic mass is 16.1. The van der Waals surface area contributed by atoms with E-state index in [1.54, 1.807) is 0 Å². The highest BCUT2D eigenvalue weighted by Gasteiger charge is 2.22. The van der Waals surface area contributed by atoms with Crippen LogP contribution in [-0.2, 0) is 0 Å². The molecule has 4 aromatic heterocycles. The number of nitrogens with zero attached hydrogens (tertiary/aromatic N) is 4. The van der Waals surface area contributed by atoms with E-state index in [0.29, 0.717) is 22.1 Å². The molecule has 0 saturated heterocycles. The largest absolute Gasteiger partial charge is 0.289 e. The molecule has 0 saturated carbocycles. The topological polar surface area (TPSA) is 68.7 Å². The van der Waals surface area contributed by atoms with E-state index >= 15 is 0 Å². The van der Waals surface area contributed by atoms with Crippen LogP contribution in [0.1, 0.15) is 0 Å². The molecule has 0 fully saturated rings. The molecule has 0 radical (unpaired) electrons. The lowest BCUT2D eigenvalue weighted by Crippen LogP contribution is -2.12. The average molecular weight is 412 g/mol. The zero-order valence-electron chi connectivity index (χ0n) is 16.5. The van der Waals surface area contributed by atoms with Gasteiger partial charge in [0.05, 0.1) is 33.1 Å². The van der Waals surface area contributed by atoms with Gasteiger partial charge in [-0.2, -0.15) is 0 Å². The lowest BCUT2D eigenvalue weighted by atomic mass is 9.98. The molecule has 0 unspecified atom stereocenters. The maximum Gasteiger partial charge on any atom is 0.229 e. The zero-order chi connectivity index (χ0) is 21.1. The fourth-order valence-corrected chi connectivity index (χ4v) is 5.30. The van der Waals surface area contributed by atoms with Gasteiger partial charge in [0, 0.05) is 21.5 Å². The van der Waals surface area contributed by atoms with Crippen molar-refractivity contribution < 1.29 is 0 Å². The molecule has 0 bridgehead atoms. The summed E-state index contributed by atoms with van der Waals surface area (Å²) in [5.41, 5.74) is 5.55. The van der Waals surface area contributed by atoms with Gasteiger partial charge in [0.25, 0.3) is 0 Å². The van der Waals surface area contributed by atoms with Gasteiger partial charge < -0.3 is 0 Å². The first-order chi connectivity index (χ1) is 15.7. The summed E-state index contributed by atoms with van der Waals surface area (Å²) in [5.74, 6) is 0. The highest BCUT2D eigenvalue weighted by molar-refractivity contribution is 6.23. The third kappa shape index (κ3) is 1.66. The van der Waals surface area contributed by atoms with Gasteiger partial charge in [-0.25, -0.2) is 9.97 Å². The molecule has 0 spiro atoms. The van der Waals surface area contributed by atoms with Crippen molar-refractivity contribution >= 4 is 65.9 Å². The van der Waals surface area contributed by atoms with Crippen LogP contribution in [0.5, 0.6) is 0 Å². The van der Waals surface area contributed by atoms with Gasteiger partial charge in [-0.15, -0.1) is 0 Å². The van der Waals surface area contributed by atoms with Gasteiger partial charge in [0.2, 0.25) is 10.9 Å². The van der Waals surface area contributed by atoms with Crippen LogP contribution in [0.15, 0.2) is 82.4 Å². The molecule has 0 aliphatic rings. The zero-order valence-corrected chi connectivity index (χ0v) is 16.5. The Kier molecular flexibility index (Phi) is 2.61. The maximum atomic E-state index is 13.5. The smallest absolute Gasteiger partial charge is 0.229 e. The Morgan fingerprint density at radius 1 is 0.500 bits per heavy atom. The van der Waals surface area contributed by atoms with Gasteiger partial charge in [-0.05, 0) is 48.5 Å². The first-order valence-corrected chi connectivity index (χ1v) is 10.4. The predicted octanol–water partition coefficient (Wildman–Crippen LogP) is 4.34. The number of hydrogen-bond acceptors (Lipinski definition) is 4. The van der Waals surface area contributed by atoms with E-state index in [-0.39, 0.29) is 10.9 Å². The molecule has 0 aliphatic heterocycles. The van der Waals surface area contributed by atoms with Crippen molar-refractivity contribution in [3.05, 3.63) is 93.2 Å². The molecule has 4 aromatic carbocycles. The number of rotatable bonds is 0. The van der Waals surface area contributed by atoms with Gasteiger partial charge in [-0.3, -0.25) is 18.4 Å². The minimum Gasteiger partial charge on any atom is -0.289 e. The normalized spacial score (nSPS) is 12.6. The fraction of sp³-hybridized carbons (Fsp3) is 0. The van der Waals surface area contributed by atoms with Crippen LogP contribution in [0.4, 0.5) is 0 Å². The highest BCUT2D eigenvalue weighted by Crippen LogP contribution is 2.35. The number of benzene rings is 4. The molecule has 4 heterocycles. The number of para-hydroxylation sites is 4. The minimum atomic E-state index is -0.133. The Hall–Kier alpha value is -4.58. The summed E-state index contributed by atoms with van der Waals surface area (Å²) >= 11 is 0. The Bertz CT molecular complexity index is 2030. The van der Waals surface area contributed by atoms with Crippen LogP contribution in [0.3, 0.4) is 0 Å². The molecule has 32 heavy (non-hydrogen) atoms. The Balaban J connectivity index is 1.77. The summed E-state index contributed by atoms with van der Waals surface area (Å²) in [7, 11) is 0. The van der Waals surface area contributed by atoms with Gasteiger partial charge >= 0.3 is 0 Å². The third-order valence-electron chi connectivity index (χ3n) is 6.62. The summed E-state index contributed by atoms with van der Waals surface area (Å²) in [6.45, 7) is 0. The second kappa shape index (κ2) is 5.18. The molecule has 0 atom stereocenters. The quantitative estimate of drug-likeness (QED) is 0.348. The molecular weight excluding hydrogens is 400 g/mol. The number of aromatic nitrogens is 4. The van der Waals surface area contributed by atoms with Crippen molar-refractivity contribution in [3.63, 3.8) is 0 Å². The molecule has 6 heteroatoms. The van der Waals surface area contributed by atoms with E-state index in [1.807, 2.05) is 81.6 Å². The summed E-state index contributed by atoms with van der Waals surface area (Å²) in [4.78, 5) is 36.2. The van der Waals surface area contributed by atoms with Gasteiger partial charge in [-0.1, -0.05) is 24.3 Å². The van der Waals surface area contributed by atoms with Crippen molar-refractivity contribution in [3.8, 4) is 0 Å². The maximum absolute atomic E-state index is 13.5. The van der Waals surface area contributed by atoms with Crippen molar-refractivity contribution in [2.75, 3.05) is 0 Å². The number of pyridine rings is 2. The van der Waals surface area contributed by atoms with E-state index in [1.165, 1.54) is 0 Å². The second-order valence-electron chi connectivity index (χ2n) is 8.19. The van der Waals surface area contributed by atoms with Crippen LogP contribution < -0.4 is 10.9 Å². The number of imidazole rings is 2. The number of hydrogen-bond donors (Lipinski definition) is 0. The van der Waals surface area contributed by atoms with Gasteiger partial charge in [0.15, 0.2) is 11.3 Å². The van der Waals surface area contributed by atoms with E-state index in [9.17, 15) is 9.59 Å². The van der Waals surface area contributed by atoms with Crippen LogP contribution in [-0.4, -0.2) is 18.8 Å². The van der Waals surface area contributed by atoms with E-state index in [4.69, 9.17) is 0 Å². The van der Waals surface area contributed by atoms with Crippen molar-refractivity contribution in [2.24, 2.45) is 0 Å². The van der Waals surface area contributed by atoms with Crippen LogP contribution >= 0.6 is 0 Å². The van der Waals surface area contributed by atoms with Crippen LogP contribution in [0.25, 0.3) is 65.9 Å². The summed E-state index contributed by atoms with van der Waals surface area (Å²) in [6, 6.07) is 23.0. The molecule has 8 rings (SSSR count). The van der Waals surface area contributed by atoms with E-state index in [2.05, 4.69) is 9.97 Å². The summed E-state index contributed by atoms with van der Waals surface area (Å²) in [6.07, 6.45) is 0. The summed E-state index contributed by atoms with van der Waals surface area (Å²) in [5, 5.41) is 2.73. The van der Waals surface area contributed by atoms with Gasteiger partial charge in [0.1, 0.15) is 0 Å². The molecule has 6 nitrogen and oxygen atoms in total. The Morgan fingerprint density at radius 3 is 1.41 bits per heavy atom. The minimum absolute atomic E-state index is 0.133. The van der Waals surface area contributed by atoms with E-state index < -0.39 is 0 Å². The van der Waals surface area contributed by atoms with Crippen molar-refractivity contribution in [2.45, 2.75) is 0 Å². The third-order valence-corrected chi connectivity index (χ3v) is 6.62. The van der Waals surface area contributed by atoms with E-state index in [0.717, 1.165) is 43.9 Å². The molecule has 0 N–H and O–H groups in total. The SMILES string of the molecule is O=c1c2ccc3c4c(ccc(c24)n2c1nc1ccccc12)c(=O)c1nc2ccccc2n13. The molecule has 148 valence electrons. The van der Waals surface area contributed by atoms with Crippen LogP contribution in [0.2, 0.25) is 0 Å². The molecule has 8 aromatic rings. The Morgan fingerprint density at radius 2 is 0.938 bits per heavy atom.